The molecule has 4 heteroatoms. The fourth-order valence-corrected chi connectivity index (χ4v) is 3.39. The maximum atomic E-state index is 13.0. The van der Waals surface area contributed by atoms with Crippen LogP contribution in [-0.4, -0.2) is 11.9 Å². The molecule has 0 aliphatic heterocycles. The van der Waals surface area contributed by atoms with Crippen molar-refractivity contribution in [3.8, 4) is 33.8 Å². The predicted octanol–water partition coefficient (Wildman–Crippen LogP) is 6.17. The first-order valence-corrected chi connectivity index (χ1v) is 9.87. The molecule has 0 radical (unpaired) electrons. The second kappa shape index (κ2) is 9.09. The Kier molecular flexibility index (Phi) is 5.90. The average molecular weight is 408 g/mol. The van der Waals surface area contributed by atoms with Gasteiger partial charge in [0.05, 0.1) is 0 Å². The van der Waals surface area contributed by atoms with Crippen LogP contribution in [0.1, 0.15) is 17.3 Å². The Morgan fingerprint density at radius 3 is 1.74 bits per heavy atom. The van der Waals surface area contributed by atoms with Gasteiger partial charge in [0, 0.05) is 12.5 Å². The van der Waals surface area contributed by atoms with E-state index in [0.29, 0.717) is 11.3 Å². The second-order valence-corrected chi connectivity index (χ2v) is 6.89. The minimum atomic E-state index is -0.598. The van der Waals surface area contributed by atoms with Crippen LogP contribution < -0.4 is 9.47 Å². The zero-order chi connectivity index (χ0) is 21.6. The highest BCUT2D eigenvalue weighted by molar-refractivity contribution is 6.01. The lowest BCUT2D eigenvalue weighted by Crippen LogP contribution is -2.14. The van der Waals surface area contributed by atoms with Crippen molar-refractivity contribution in [3.05, 3.63) is 109 Å². The van der Waals surface area contributed by atoms with Gasteiger partial charge in [0.2, 0.25) is 0 Å². The first-order valence-electron chi connectivity index (χ1n) is 9.87. The van der Waals surface area contributed by atoms with E-state index in [1.807, 2.05) is 72.8 Å². The van der Waals surface area contributed by atoms with Crippen LogP contribution in [0.5, 0.6) is 11.5 Å². The quantitative estimate of drug-likeness (QED) is 0.293. The van der Waals surface area contributed by atoms with Gasteiger partial charge in [0.1, 0.15) is 11.3 Å². The molecule has 0 aromatic heterocycles. The molecular formula is C27H20O4. The number of carbonyl (C=O) groups excluding carboxylic acids is 2. The van der Waals surface area contributed by atoms with Crippen LogP contribution in [0.4, 0.5) is 0 Å². The molecule has 31 heavy (non-hydrogen) atoms. The molecule has 0 unspecified atom stereocenters. The van der Waals surface area contributed by atoms with E-state index in [9.17, 15) is 9.59 Å². The van der Waals surface area contributed by atoms with Crippen molar-refractivity contribution in [2.24, 2.45) is 0 Å². The molecule has 4 aromatic carbocycles. The first-order chi connectivity index (χ1) is 15.1. The van der Waals surface area contributed by atoms with Crippen molar-refractivity contribution in [1.29, 1.82) is 0 Å². The highest BCUT2D eigenvalue weighted by Gasteiger charge is 2.24. The molecule has 0 spiro atoms. The van der Waals surface area contributed by atoms with E-state index in [0.717, 1.165) is 16.7 Å². The maximum absolute atomic E-state index is 13.0. The van der Waals surface area contributed by atoms with Gasteiger partial charge in [-0.15, -0.1) is 0 Å². The number of carbonyl (C=O) groups is 2. The zero-order valence-corrected chi connectivity index (χ0v) is 16.9. The van der Waals surface area contributed by atoms with E-state index in [-0.39, 0.29) is 11.3 Å². The van der Waals surface area contributed by atoms with Crippen molar-refractivity contribution >= 4 is 11.9 Å². The monoisotopic (exact) mass is 408 g/mol. The third-order valence-corrected chi connectivity index (χ3v) is 4.72. The molecule has 4 nitrogen and oxygen atoms in total. The highest BCUT2D eigenvalue weighted by Crippen LogP contribution is 2.42. The standard InChI is InChI=1S/C27H20O4/c1-19(28)30-26-24(27(29)31-22-15-9-4-10-16-22)18-17-23(20-11-5-2-6-12-20)25(26)21-13-7-3-8-14-21/h2-18H,1H3. The van der Waals surface area contributed by atoms with Crippen LogP contribution in [-0.2, 0) is 4.79 Å². The van der Waals surface area contributed by atoms with Crippen LogP contribution in [0.2, 0.25) is 0 Å². The van der Waals surface area contributed by atoms with Crippen molar-refractivity contribution < 1.29 is 19.1 Å². The summed E-state index contributed by atoms with van der Waals surface area (Å²) in [7, 11) is 0. The summed E-state index contributed by atoms with van der Waals surface area (Å²) in [5, 5.41) is 0. The number of hydrogen-bond acceptors (Lipinski definition) is 4. The minimum absolute atomic E-state index is 0.178. The maximum Gasteiger partial charge on any atom is 0.347 e. The van der Waals surface area contributed by atoms with Crippen LogP contribution >= 0.6 is 0 Å². The Bertz CT molecular complexity index is 1200. The van der Waals surface area contributed by atoms with Gasteiger partial charge in [-0.2, -0.15) is 0 Å². The first kappa shape index (κ1) is 20.1. The summed E-state index contributed by atoms with van der Waals surface area (Å²) in [4.78, 5) is 25.0. The Morgan fingerprint density at radius 1 is 0.613 bits per heavy atom. The molecule has 0 saturated carbocycles. The molecule has 4 aromatic rings. The number of para-hydroxylation sites is 1. The molecular weight excluding hydrogens is 388 g/mol. The van der Waals surface area contributed by atoms with Crippen LogP contribution in [0.15, 0.2) is 103 Å². The third kappa shape index (κ3) is 4.54. The summed E-state index contributed by atoms with van der Waals surface area (Å²) < 4.78 is 11.1. The number of hydrogen-bond donors (Lipinski definition) is 0. The lowest BCUT2D eigenvalue weighted by atomic mass is 9.91. The highest BCUT2D eigenvalue weighted by atomic mass is 16.5. The van der Waals surface area contributed by atoms with Crippen LogP contribution in [0, 0.1) is 0 Å². The Morgan fingerprint density at radius 2 is 1.16 bits per heavy atom. The number of esters is 2. The lowest BCUT2D eigenvalue weighted by molar-refractivity contribution is -0.131. The van der Waals surface area contributed by atoms with Crippen LogP contribution in [0.25, 0.3) is 22.3 Å². The Balaban J connectivity index is 1.92. The summed E-state index contributed by atoms with van der Waals surface area (Å²) in [5.41, 5.74) is 3.45. The molecule has 0 atom stereocenters. The summed E-state index contributed by atoms with van der Waals surface area (Å²) >= 11 is 0. The normalized spacial score (nSPS) is 10.4. The molecule has 0 saturated heterocycles. The van der Waals surface area contributed by atoms with Crippen molar-refractivity contribution in [3.63, 3.8) is 0 Å². The van der Waals surface area contributed by atoms with Crippen LogP contribution in [0.3, 0.4) is 0 Å². The summed E-state index contributed by atoms with van der Waals surface area (Å²) in [5.74, 6) is -0.522. The molecule has 0 N–H and O–H groups in total. The van der Waals surface area contributed by atoms with E-state index < -0.39 is 11.9 Å². The third-order valence-electron chi connectivity index (χ3n) is 4.72. The van der Waals surface area contributed by atoms with Crippen molar-refractivity contribution in [2.45, 2.75) is 6.92 Å². The molecule has 0 aliphatic carbocycles. The summed E-state index contributed by atoms with van der Waals surface area (Å²) in [6.07, 6.45) is 0. The zero-order valence-electron chi connectivity index (χ0n) is 16.9. The minimum Gasteiger partial charge on any atom is -0.425 e. The number of benzene rings is 4. The molecule has 152 valence electrons. The fraction of sp³-hybridized carbons (Fsp3) is 0.0370. The van der Waals surface area contributed by atoms with E-state index in [1.165, 1.54) is 6.92 Å². The van der Waals surface area contributed by atoms with Gasteiger partial charge < -0.3 is 9.47 Å². The SMILES string of the molecule is CC(=O)Oc1c(C(=O)Oc2ccccc2)ccc(-c2ccccc2)c1-c1ccccc1. The lowest BCUT2D eigenvalue weighted by Gasteiger charge is -2.18. The predicted molar refractivity (Wildman–Crippen MR) is 120 cm³/mol. The van der Waals surface area contributed by atoms with E-state index >= 15 is 0 Å². The van der Waals surface area contributed by atoms with E-state index in [1.54, 1.807) is 30.3 Å². The van der Waals surface area contributed by atoms with Gasteiger partial charge in [-0.1, -0.05) is 84.9 Å². The Hall–Kier alpha value is -4.18. The molecule has 0 aliphatic rings. The van der Waals surface area contributed by atoms with Crippen molar-refractivity contribution in [2.75, 3.05) is 0 Å². The topological polar surface area (TPSA) is 52.6 Å². The molecule has 0 amide bonds. The van der Waals surface area contributed by atoms with Gasteiger partial charge in [-0.3, -0.25) is 4.79 Å². The van der Waals surface area contributed by atoms with Gasteiger partial charge >= 0.3 is 11.9 Å². The summed E-state index contributed by atoms with van der Waals surface area (Å²) in [6.45, 7) is 1.32. The second-order valence-electron chi connectivity index (χ2n) is 6.89. The van der Waals surface area contributed by atoms with Crippen molar-refractivity contribution in [1.82, 2.24) is 0 Å². The Labute approximate surface area is 180 Å². The van der Waals surface area contributed by atoms with Gasteiger partial charge in [0.25, 0.3) is 0 Å². The largest absolute Gasteiger partial charge is 0.425 e. The number of rotatable bonds is 5. The van der Waals surface area contributed by atoms with Gasteiger partial charge in [0.15, 0.2) is 5.75 Å². The number of ether oxygens (including phenoxy) is 2. The van der Waals surface area contributed by atoms with E-state index in [4.69, 9.17) is 9.47 Å². The molecule has 0 heterocycles. The van der Waals surface area contributed by atoms with Gasteiger partial charge in [-0.05, 0) is 34.9 Å². The molecule has 4 rings (SSSR count). The smallest absolute Gasteiger partial charge is 0.347 e. The molecule has 0 fully saturated rings. The summed E-state index contributed by atoms with van der Waals surface area (Å²) in [6, 6.07) is 31.6. The molecule has 0 bridgehead atoms. The van der Waals surface area contributed by atoms with Gasteiger partial charge in [-0.25, -0.2) is 4.79 Å². The average Bonchev–Trinajstić information content (AvgIpc) is 2.80. The fourth-order valence-electron chi connectivity index (χ4n) is 3.39. The van der Waals surface area contributed by atoms with E-state index in [2.05, 4.69) is 0 Å².